The topological polar surface area (TPSA) is 49.9 Å². The lowest BCUT2D eigenvalue weighted by atomic mass is 9.89. The van der Waals surface area contributed by atoms with Crippen molar-refractivity contribution in [1.82, 2.24) is 9.21 Å². The van der Waals surface area contributed by atoms with Gasteiger partial charge in [0.15, 0.2) is 0 Å². The first-order chi connectivity index (χ1) is 9.52. The normalized spacial score (nSPS) is 29.1. The van der Waals surface area contributed by atoms with E-state index in [9.17, 15) is 8.42 Å². The minimum atomic E-state index is -3.34. The highest BCUT2D eigenvalue weighted by molar-refractivity contribution is 7.89. The Labute approximate surface area is 120 Å². The van der Waals surface area contributed by atoms with Crippen LogP contribution in [-0.4, -0.2) is 58.0 Å². The van der Waals surface area contributed by atoms with Crippen LogP contribution in [0.5, 0.6) is 0 Å². The van der Waals surface area contributed by atoms with Gasteiger partial charge in [0.25, 0.3) is 0 Å². The van der Waals surface area contributed by atoms with Gasteiger partial charge in [0.1, 0.15) is 0 Å². The van der Waals surface area contributed by atoms with Gasteiger partial charge in [-0.2, -0.15) is 4.31 Å². The third-order valence-electron chi connectivity index (χ3n) is 4.57. The van der Waals surface area contributed by atoms with Crippen molar-refractivity contribution in [2.75, 3.05) is 40.4 Å². The number of benzene rings is 1. The average Bonchev–Trinajstić information content (AvgIpc) is 2.95. The zero-order chi connectivity index (χ0) is 14.4. The molecule has 1 aromatic carbocycles. The monoisotopic (exact) mass is 296 g/mol. The van der Waals surface area contributed by atoms with Gasteiger partial charge in [-0.3, -0.25) is 4.90 Å². The van der Waals surface area contributed by atoms with Crippen LogP contribution in [0.15, 0.2) is 29.2 Å². The molecule has 0 saturated carbocycles. The summed E-state index contributed by atoms with van der Waals surface area (Å²) in [7, 11) is 0.0467. The molecule has 1 saturated heterocycles. The summed E-state index contributed by atoms with van der Waals surface area (Å²) in [5.74, 6) is 0. The molecule has 20 heavy (non-hydrogen) atoms. The molecular formula is C14H20N2O3S. The fraction of sp³-hybridized carbons (Fsp3) is 0.571. The maximum absolute atomic E-state index is 12.5. The van der Waals surface area contributed by atoms with Crippen LogP contribution in [-0.2, 0) is 20.3 Å². The van der Waals surface area contributed by atoms with E-state index in [1.54, 1.807) is 30.6 Å². The molecule has 5 nitrogen and oxygen atoms in total. The zero-order valence-corrected chi connectivity index (χ0v) is 12.7. The molecule has 110 valence electrons. The third-order valence-corrected chi connectivity index (χ3v) is 6.55. The first kappa shape index (κ1) is 14.0. The predicted octanol–water partition coefficient (Wildman–Crippen LogP) is 0.868. The van der Waals surface area contributed by atoms with E-state index < -0.39 is 15.6 Å². The molecule has 1 atom stereocenters. The van der Waals surface area contributed by atoms with Crippen LogP contribution >= 0.6 is 0 Å². The lowest BCUT2D eigenvalue weighted by molar-refractivity contribution is 0.149. The van der Waals surface area contributed by atoms with Gasteiger partial charge in [-0.15, -0.1) is 0 Å². The maximum Gasteiger partial charge on any atom is 0.244 e. The number of ether oxygens (including phenoxy) is 1. The van der Waals surface area contributed by atoms with E-state index in [4.69, 9.17) is 4.74 Å². The van der Waals surface area contributed by atoms with E-state index in [1.165, 1.54) is 0 Å². The Morgan fingerprint density at radius 1 is 1.35 bits per heavy atom. The summed E-state index contributed by atoms with van der Waals surface area (Å²) in [4.78, 5) is 2.74. The predicted molar refractivity (Wildman–Crippen MR) is 76.0 cm³/mol. The molecule has 2 aliphatic heterocycles. The van der Waals surface area contributed by atoms with E-state index in [2.05, 4.69) is 4.90 Å². The molecule has 0 aromatic heterocycles. The van der Waals surface area contributed by atoms with Crippen LogP contribution in [0.25, 0.3) is 0 Å². The van der Waals surface area contributed by atoms with Crippen LogP contribution < -0.4 is 0 Å². The molecule has 3 rings (SSSR count). The summed E-state index contributed by atoms with van der Waals surface area (Å²) in [6.45, 7) is 3.16. The summed E-state index contributed by atoms with van der Waals surface area (Å²) in [5, 5.41) is 0. The maximum atomic E-state index is 12.5. The van der Waals surface area contributed by atoms with E-state index in [0.29, 0.717) is 11.5 Å². The highest BCUT2D eigenvalue weighted by atomic mass is 32.2. The molecule has 0 unspecified atom stereocenters. The Balaban J connectivity index is 1.99. The van der Waals surface area contributed by atoms with Gasteiger partial charge in [-0.1, -0.05) is 18.2 Å². The van der Waals surface area contributed by atoms with Gasteiger partial charge in [-0.05, 0) is 18.1 Å². The number of methoxy groups -OCH3 is 1. The molecule has 1 spiro atoms. The van der Waals surface area contributed by atoms with Gasteiger partial charge < -0.3 is 4.74 Å². The van der Waals surface area contributed by atoms with E-state index in [0.717, 1.165) is 31.6 Å². The number of sulfonamides is 1. The van der Waals surface area contributed by atoms with Crippen molar-refractivity contribution in [3.8, 4) is 0 Å². The highest BCUT2D eigenvalue weighted by Gasteiger charge is 2.54. The van der Waals surface area contributed by atoms with Crippen LogP contribution in [0.4, 0.5) is 0 Å². The summed E-state index contributed by atoms with van der Waals surface area (Å²) in [6, 6.07) is 7.39. The van der Waals surface area contributed by atoms with Crippen molar-refractivity contribution < 1.29 is 13.2 Å². The standard InChI is InChI=1S/C14H20N2O3S/c1-15-14(7-8-16(11-14)9-10-19-2)12-5-3-4-6-13(12)20(15,17)18/h3-6H,7-11H2,1-2H3/t14-/m1/s1. The van der Waals surface area contributed by atoms with Crippen molar-refractivity contribution >= 4 is 10.0 Å². The highest BCUT2D eigenvalue weighted by Crippen LogP contribution is 2.48. The molecule has 0 bridgehead atoms. The molecule has 0 aliphatic carbocycles. The smallest absolute Gasteiger partial charge is 0.244 e. The third kappa shape index (κ3) is 1.83. The number of nitrogens with zero attached hydrogens (tertiary/aromatic N) is 2. The molecule has 1 fully saturated rings. The van der Waals surface area contributed by atoms with Crippen LogP contribution in [0.1, 0.15) is 12.0 Å². The molecule has 6 heteroatoms. The second-order valence-corrected chi connectivity index (χ2v) is 7.46. The Hall–Kier alpha value is -0.950. The molecule has 2 heterocycles. The van der Waals surface area contributed by atoms with Crippen LogP contribution in [0.2, 0.25) is 0 Å². The number of likely N-dealkylation sites (tertiary alicyclic amines) is 1. The molecule has 0 N–H and O–H groups in total. The van der Waals surface area contributed by atoms with E-state index >= 15 is 0 Å². The number of likely N-dealkylation sites (N-methyl/N-ethyl adjacent to an activating group) is 1. The van der Waals surface area contributed by atoms with E-state index in [-0.39, 0.29) is 0 Å². The summed E-state index contributed by atoms with van der Waals surface area (Å²) < 4.78 is 31.8. The quantitative estimate of drug-likeness (QED) is 0.830. The summed E-state index contributed by atoms with van der Waals surface area (Å²) >= 11 is 0. The minimum absolute atomic E-state index is 0.400. The second-order valence-electron chi connectivity index (χ2n) is 5.52. The number of rotatable bonds is 3. The molecule has 0 amide bonds. The van der Waals surface area contributed by atoms with Crippen molar-refractivity contribution in [2.45, 2.75) is 16.9 Å². The Morgan fingerprint density at radius 2 is 2.10 bits per heavy atom. The van der Waals surface area contributed by atoms with Gasteiger partial charge in [0.2, 0.25) is 10.0 Å². The largest absolute Gasteiger partial charge is 0.383 e. The Bertz CT molecular complexity index is 617. The number of hydrogen-bond donors (Lipinski definition) is 0. The second kappa shape index (κ2) is 4.80. The Kier molecular flexibility index (Phi) is 3.36. The van der Waals surface area contributed by atoms with Crippen LogP contribution in [0.3, 0.4) is 0 Å². The zero-order valence-electron chi connectivity index (χ0n) is 11.9. The fourth-order valence-corrected chi connectivity index (χ4v) is 5.17. The first-order valence-electron chi connectivity index (χ1n) is 6.82. The van der Waals surface area contributed by atoms with Crippen LogP contribution in [0, 0.1) is 0 Å². The number of fused-ring (bicyclic) bond motifs is 2. The van der Waals surface area contributed by atoms with Crippen molar-refractivity contribution in [3.05, 3.63) is 29.8 Å². The van der Waals surface area contributed by atoms with Gasteiger partial charge in [-0.25, -0.2) is 8.42 Å². The number of hydrogen-bond acceptors (Lipinski definition) is 4. The molecule has 0 radical (unpaired) electrons. The van der Waals surface area contributed by atoms with Gasteiger partial charge in [0.05, 0.1) is 17.0 Å². The SMILES string of the molecule is COCCN1CC[C@@]2(C1)c1ccccc1S(=O)(=O)N2C. The summed E-state index contributed by atoms with van der Waals surface area (Å²) in [5.41, 5.74) is 0.547. The molecule has 2 aliphatic rings. The molecular weight excluding hydrogens is 276 g/mol. The molecule has 1 aromatic rings. The summed E-state index contributed by atoms with van der Waals surface area (Å²) in [6.07, 6.45) is 0.837. The first-order valence-corrected chi connectivity index (χ1v) is 8.26. The lowest BCUT2D eigenvalue weighted by Gasteiger charge is -2.31. The van der Waals surface area contributed by atoms with Crippen molar-refractivity contribution in [2.24, 2.45) is 0 Å². The lowest BCUT2D eigenvalue weighted by Crippen LogP contribution is -2.43. The Morgan fingerprint density at radius 3 is 2.85 bits per heavy atom. The minimum Gasteiger partial charge on any atom is -0.383 e. The van der Waals surface area contributed by atoms with Gasteiger partial charge in [0, 0.05) is 33.8 Å². The van der Waals surface area contributed by atoms with E-state index in [1.807, 2.05) is 12.1 Å². The average molecular weight is 296 g/mol. The van der Waals surface area contributed by atoms with Crippen molar-refractivity contribution in [1.29, 1.82) is 0 Å². The fourth-order valence-electron chi connectivity index (χ4n) is 3.38. The van der Waals surface area contributed by atoms with Crippen molar-refractivity contribution in [3.63, 3.8) is 0 Å². The van der Waals surface area contributed by atoms with Gasteiger partial charge >= 0.3 is 0 Å².